The molecule has 0 fully saturated rings. The highest BCUT2D eigenvalue weighted by Gasteiger charge is 2.04. The van der Waals surface area contributed by atoms with Gasteiger partial charge in [-0.05, 0) is 51.9 Å². The summed E-state index contributed by atoms with van der Waals surface area (Å²) in [6.45, 7) is 0. The van der Waals surface area contributed by atoms with Crippen LogP contribution >= 0.6 is 0 Å². The van der Waals surface area contributed by atoms with E-state index in [9.17, 15) is 9.59 Å². The average molecular weight is 391 g/mol. The summed E-state index contributed by atoms with van der Waals surface area (Å²) in [5, 5.41) is 1.12. The average Bonchev–Trinajstić information content (AvgIpc) is 3.25. The van der Waals surface area contributed by atoms with Gasteiger partial charge in [0.05, 0.1) is 6.42 Å². The maximum atomic E-state index is 12.1. The molecule has 0 unspecified atom stereocenters. The highest BCUT2D eigenvalue weighted by atomic mass is 16.1. The highest BCUT2D eigenvalue weighted by molar-refractivity contribution is 6.11. The van der Waals surface area contributed by atoms with Crippen LogP contribution in [0.4, 0.5) is 0 Å². The molecule has 0 aliphatic rings. The van der Waals surface area contributed by atoms with Gasteiger partial charge in [-0.25, -0.2) is 0 Å². The number of H-pyrrole nitrogens is 1. The quantitative estimate of drug-likeness (QED) is 0.306. The molecule has 0 saturated carbocycles. The highest BCUT2D eigenvalue weighted by Crippen LogP contribution is 2.19. The molecule has 0 aliphatic heterocycles. The molecule has 4 aromatic rings. The lowest BCUT2D eigenvalue weighted by Gasteiger charge is -2.01. The topological polar surface area (TPSA) is 49.9 Å². The number of aromatic nitrogens is 1. The number of carbonyl (C=O) groups is 2. The summed E-state index contributed by atoms with van der Waals surface area (Å²) in [7, 11) is 0. The summed E-state index contributed by atoms with van der Waals surface area (Å²) < 4.78 is 0. The Hall–Kier alpha value is -3.98. The van der Waals surface area contributed by atoms with Crippen molar-refractivity contribution in [2.75, 3.05) is 0 Å². The van der Waals surface area contributed by atoms with Crippen molar-refractivity contribution in [3.05, 3.63) is 108 Å². The number of fused-ring (bicyclic) bond motifs is 1. The summed E-state index contributed by atoms with van der Waals surface area (Å²) in [6.07, 6.45) is 8.15. The number of ketones is 2. The van der Waals surface area contributed by atoms with Gasteiger partial charge in [-0.15, -0.1) is 0 Å². The second kappa shape index (κ2) is 9.01. The molecule has 3 heteroatoms. The maximum absolute atomic E-state index is 12.1. The van der Waals surface area contributed by atoms with E-state index in [4.69, 9.17) is 0 Å². The fourth-order valence-corrected chi connectivity index (χ4v) is 3.25. The first-order valence-corrected chi connectivity index (χ1v) is 9.82. The number of hydrogen-bond acceptors (Lipinski definition) is 2. The van der Waals surface area contributed by atoms with Gasteiger partial charge in [-0.3, -0.25) is 9.59 Å². The number of hydrogen-bond donors (Lipinski definition) is 1. The van der Waals surface area contributed by atoms with E-state index in [0.29, 0.717) is 0 Å². The van der Waals surface area contributed by atoms with Crippen molar-refractivity contribution in [3.8, 4) is 11.1 Å². The van der Waals surface area contributed by atoms with Crippen molar-refractivity contribution in [2.45, 2.75) is 6.42 Å². The molecule has 3 aromatic carbocycles. The van der Waals surface area contributed by atoms with Gasteiger partial charge in [0.25, 0.3) is 0 Å². The van der Waals surface area contributed by atoms with Gasteiger partial charge < -0.3 is 4.98 Å². The van der Waals surface area contributed by atoms with Crippen molar-refractivity contribution in [1.29, 1.82) is 0 Å². The first-order chi connectivity index (χ1) is 14.7. The number of allylic oxidation sites excluding steroid dienone is 2. The molecular weight excluding hydrogens is 370 g/mol. The normalized spacial score (nSPS) is 11.5. The van der Waals surface area contributed by atoms with Crippen LogP contribution in [0.1, 0.15) is 17.5 Å². The maximum Gasteiger partial charge on any atom is 0.163 e. The Morgan fingerprint density at radius 3 is 2.07 bits per heavy atom. The van der Waals surface area contributed by atoms with Gasteiger partial charge in [-0.1, -0.05) is 78.9 Å². The number of carbonyl (C=O) groups excluding carboxylic acids is 2. The van der Waals surface area contributed by atoms with Crippen LogP contribution in [0, 0.1) is 0 Å². The first-order valence-electron chi connectivity index (χ1n) is 9.82. The largest absolute Gasteiger partial charge is 0.361 e. The minimum atomic E-state index is -0.212. The van der Waals surface area contributed by atoms with Gasteiger partial charge in [0.1, 0.15) is 0 Å². The molecule has 1 N–H and O–H groups in total. The zero-order chi connectivity index (χ0) is 20.8. The fraction of sp³-hybridized carbons (Fsp3) is 0.0370. The van der Waals surface area contributed by atoms with Crippen molar-refractivity contribution >= 4 is 34.6 Å². The predicted octanol–water partition coefficient (Wildman–Crippen LogP) is 6.09. The number of aromatic amines is 1. The number of rotatable bonds is 7. The lowest BCUT2D eigenvalue weighted by Crippen LogP contribution is -2.01. The van der Waals surface area contributed by atoms with Gasteiger partial charge in [-0.2, -0.15) is 0 Å². The zero-order valence-electron chi connectivity index (χ0n) is 16.4. The monoisotopic (exact) mass is 391 g/mol. The molecule has 0 amide bonds. The van der Waals surface area contributed by atoms with E-state index in [2.05, 4.69) is 17.1 Å². The van der Waals surface area contributed by atoms with Gasteiger partial charge in [0.2, 0.25) is 0 Å². The van der Waals surface area contributed by atoms with E-state index >= 15 is 0 Å². The minimum Gasteiger partial charge on any atom is -0.361 e. The van der Waals surface area contributed by atoms with Gasteiger partial charge in [0, 0.05) is 11.7 Å². The summed E-state index contributed by atoms with van der Waals surface area (Å²) in [6, 6.07) is 26.0. The molecule has 1 heterocycles. The van der Waals surface area contributed by atoms with Crippen molar-refractivity contribution < 1.29 is 9.59 Å². The molecular formula is C27H21NO2. The summed E-state index contributed by atoms with van der Waals surface area (Å²) in [4.78, 5) is 27.4. The van der Waals surface area contributed by atoms with Gasteiger partial charge >= 0.3 is 0 Å². The van der Waals surface area contributed by atoms with E-state index in [1.165, 1.54) is 12.2 Å². The fourth-order valence-electron chi connectivity index (χ4n) is 3.25. The van der Waals surface area contributed by atoms with Crippen molar-refractivity contribution in [1.82, 2.24) is 4.98 Å². The molecule has 3 nitrogen and oxygen atoms in total. The second-order valence-electron chi connectivity index (χ2n) is 7.09. The van der Waals surface area contributed by atoms with E-state index in [-0.39, 0.29) is 18.0 Å². The second-order valence-corrected chi connectivity index (χ2v) is 7.09. The Morgan fingerprint density at radius 1 is 0.700 bits per heavy atom. The molecule has 4 rings (SSSR count). The Morgan fingerprint density at radius 2 is 1.33 bits per heavy atom. The van der Waals surface area contributed by atoms with Crippen molar-refractivity contribution in [3.63, 3.8) is 0 Å². The third kappa shape index (κ3) is 4.89. The molecule has 0 saturated heterocycles. The van der Waals surface area contributed by atoms with Crippen molar-refractivity contribution in [2.24, 2.45) is 0 Å². The molecule has 1 aromatic heterocycles. The van der Waals surface area contributed by atoms with Crippen LogP contribution in [0.15, 0.2) is 97.2 Å². The minimum absolute atomic E-state index is 0.139. The van der Waals surface area contributed by atoms with Crippen LogP contribution in [-0.2, 0) is 9.59 Å². The summed E-state index contributed by atoms with van der Waals surface area (Å²) >= 11 is 0. The smallest absolute Gasteiger partial charge is 0.163 e. The van der Waals surface area contributed by atoms with Crippen LogP contribution in [0.5, 0.6) is 0 Å². The standard InChI is InChI=1S/C27H21NO2/c29-25(14-9-20-6-11-23(12-7-20)22-4-2-1-3-5-22)19-26(30)15-10-21-8-13-24-16-17-28-27(24)18-21/h1-18,28H,19H2/b14-9+,15-10+. The molecule has 0 aliphatic carbocycles. The third-order valence-corrected chi connectivity index (χ3v) is 4.87. The molecule has 0 bridgehead atoms. The molecule has 146 valence electrons. The van der Waals surface area contributed by atoms with E-state index in [1.807, 2.05) is 72.9 Å². The molecule has 30 heavy (non-hydrogen) atoms. The predicted molar refractivity (Wildman–Crippen MR) is 123 cm³/mol. The number of benzene rings is 3. The lowest BCUT2D eigenvalue weighted by atomic mass is 10.0. The Bertz CT molecular complexity index is 1230. The molecule has 0 atom stereocenters. The summed E-state index contributed by atoms with van der Waals surface area (Å²) in [5.41, 5.74) is 5.13. The third-order valence-electron chi connectivity index (χ3n) is 4.87. The first kappa shape index (κ1) is 19.3. The summed E-state index contributed by atoms with van der Waals surface area (Å²) in [5.74, 6) is -0.424. The lowest BCUT2D eigenvalue weighted by molar-refractivity contribution is -0.121. The molecule has 0 radical (unpaired) electrons. The van der Waals surface area contributed by atoms with E-state index < -0.39 is 0 Å². The van der Waals surface area contributed by atoms with E-state index in [1.54, 1.807) is 12.2 Å². The van der Waals surface area contributed by atoms with Crippen LogP contribution in [-0.4, -0.2) is 16.6 Å². The van der Waals surface area contributed by atoms with Crippen LogP contribution < -0.4 is 0 Å². The van der Waals surface area contributed by atoms with Gasteiger partial charge in [0.15, 0.2) is 11.6 Å². The SMILES string of the molecule is O=C(/C=C/c1ccc(-c2ccccc2)cc1)CC(=O)/C=C/c1ccc2cc[nH]c2c1. The van der Waals surface area contributed by atoms with Crippen LogP contribution in [0.25, 0.3) is 34.2 Å². The Balaban J connectivity index is 1.33. The van der Waals surface area contributed by atoms with E-state index in [0.717, 1.165) is 33.2 Å². The Labute approximate surface area is 175 Å². The van der Waals surface area contributed by atoms with Crippen LogP contribution in [0.3, 0.4) is 0 Å². The zero-order valence-corrected chi connectivity index (χ0v) is 16.4. The molecule has 0 spiro atoms. The Kier molecular flexibility index (Phi) is 5.81. The number of nitrogens with one attached hydrogen (secondary N) is 1. The van der Waals surface area contributed by atoms with Crippen LogP contribution in [0.2, 0.25) is 0 Å².